The van der Waals surface area contributed by atoms with Crippen molar-refractivity contribution in [3.05, 3.63) is 65.1 Å². The Morgan fingerprint density at radius 2 is 1.90 bits per heavy atom. The fraction of sp³-hybridized carbons (Fsp3) is 0.200. The molecule has 2 heterocycles. The minimum absolute atomic E-state index is 0.300. The molecule has 0 bridgehead atoms. The number of aromatic nitrogens is 3. The van der Waals surface area contributed by atoms with E-state index < -0.39 is 11.7 Å². The summed E-state index contributed by atoms with van der Waals surface area (Å²) < 4.78 is 40.0. The van der Waals surface area contributed by atoms with Crippen LogP contribution in [0.25, 0.3) is 5.65 Å². The molecular weight excluding hydrogens is 279 g/mol. The van der Waals surface area contributed by atoms with Crippen LogP contribution in [0.15, 0.2) is 42.6 Å². The first-order chi connectivity index (χ1) is 9.93. The van der Waals surface area contributed by atoms with Crippen LogP contribution in [0, 0.1) is 6.92 Å². The van der Waals surface area contributed by atoms with Crippen molar-refractivity contribution in [2.75, 3.05) is 0 Å². The molecule has 0 aliphatic heterocycles. The summed E-state index contributed by atoms with van der Waals surface area (Å²) in [5.41, 5.74) is 1.63. The highest BCUT2D eigenvalue weighted by Crippen LogP contribution is 2.29. The molecule has 2 aromatic heterocycles. The van der Waals surface area contributed by atoms with Crippen LogP contribution in [-0.4, -0.2) is 14.6 Å². The first-order valence-corrected chi connectivity index (χ1v) is 6.40. The van der Waals surface area contributed by atoms with Gasteiger partial charge >= 0.3 is 6.18 Å². The lowest BCUT2D eigenvalue weighted by atomic mass is 10.1. The van der Waals surface area contributed by atoms with Gasteiger partial charge in [-0.15, -0.1) is 10.2 Å². The van der Waals surface area contributed by atoms with Gasteiger partial charge in [0.1, 0.15) is 5.82 Å². The Morgan fingerprint density at radius 3 is 2.67 bits per heavy atom. The van der Waals surface area contributed by atoms with Crippen LogP contribution in [-0.2, 0) is 12.6 Å². The Labute approximate surface area is 119 Å². The molecular formula is C15H12F3N3. The Bertz CT molecular complexity index is 790. The lowest BCUT2D eigenvalue weighted by molar-refractivity contribution is -0.137. The van der Waals surface area contributed by atoms with Gasteiger partial charge in [0.2, 0.25) is 0 Å². The third-order valence-electron chi connectivity index (χ3n) is 3.24. The molecule has 0 saturated heterocycles. The summed E-state index contributed by atoms with van der Waals surface area (Å²) in [6.07, 6.45) is -2.16. The first-order valence-electron chi connectivity index (χ1n) is 6.40. The van der Waals surface area contributed by atoms with Crippen LogP contribution in [0.3, 0.4) is 0 Å². The monoisotopic (exact) mass is 291 g/mol. The Hall–Kier alpha value is -2.37. The number of halogens is 3. The first kappa shape index (κ1) is 13.6. The second kappa shape index (κ2) is 4.87. The van der Waals surface area contributed by atoms with Crippen molar-refractivity contribution in [3.63, 3.8) is 0 Å². The number of hydrogen-bond acceptors (Lipinski definition) is 2. The van der Waals surface area contributed by atoms with Gasteiger partial charge in [0.25, 0.3) is 0 Å². The van der Waals surface area contributed by atoms with Crippen LogP contribution >= 0.6 is 0 Å². The maximum atomic E-state index is 12.7. The summed E-state index contributed by atoms with van der Waals surface area (Å²) in [4.78, 5) is 0. The molecule has 1 aromatic carbocycles. The van der Waals surface area contributed by atoms with Gasteiger partial charge in [-0.05, 0) is 30.2 Å². The van der Waals surface area contributed by atoms with E-state index in [9.17, 15) is 13.2 Å². The number of hydrogen-bond donors (Lipinski definition) is 0. The van der Waals surface area contributed by atoms with Crippen molar-refractivity contribution < 1.29 is 13.2 Å². The van der Waals surface area contributed by atoms with Crippen LogP contribution in [0.5, 0.6) is 0 Å². The molecule has 0 saturated carbocycles. The van der Waals surface area contributed by atoms with Gasteiger partial charge in [-0.25, -0.2) is 0 Å². The minimum atomic E-state index is -4.33. The molecule has 0 fully saturated rings. The summed E-state index contributed by atoms with van der Waals surface area (Å²) in [6, 6.07) is 9.03. The van der Waals surface area contributed by atoms with E-state index in [-0.39, 0.29) is 0 Å². The molecule has 108 valence electrons. The lowest BCUT2D eigenvalue weighted by Gasteiger charge is -2.08. The summed E-state index contributed by atoms with van der Waals surface area (Å²) >= 11 is 0. The van der Waals surface area contributed by atoms with Crippen LogP contribution in [0.1, 0.15) is 22.5 Å². The number of aryl methyl sites for hydroxylation is 1. The van der Waals surface area contributed by atoms with E-state index in [0.717, 1.165) is 17.7 Å². The van der Waals surface area contributed by atoms with E-state index in [4.69, 9.17) is 0 Å². The highest BCUT2D eigenvalue weighted by Gasteiger charge is 2.30. The van der Waals surface area contributed by atoms with Gasteiger partial charge in [-0.2, -0.15) is 13.2 Å². The number of nitrogens with zero attached hydrogens (tertiary/aromatic N) is 3. The average Bonchev–Trinajstić information content (AvgIpc) is 2.81. The van der Waals surface area contributed by atoms with Crippen molar-refractivity contribution >= 4 is 5.65 Å². The molecule has 0 aliphatic carbocycles. The zero-order valence-corrected chi connectivity index (χ0v) is 11.2. The molecule has 0 unspecified atom stereocenters. The van der Waals surface area contributed by atoms with Crippen LogP contribution in [0.4, 0.5) is 13.2 Å². The van der Waals surface area contributed by atoms with Crippen molar-refractivity contribution in [2.45, 2.75) is 19.5 Å². The summed E-state index contributed by atoms with van der Waals surface area (Å²) in [5, 5.41) is 8.07. The van der Waals surface area contributed by atoms with E-state index >= 15 is 0 Å². The second-order valence-corrected chi connectivity index (χ2v) is 4.93. The maximum absolute atomic E-state index is 12.7. The molecule has 3 rings (SSSR count). The van der Waals surface area contributed by atoms with Crippen LogP contribution < -0.4 is 0 Å². The normalized spacial score (nSPS) is 12.0. The molecule has 0 radical (unpaired) electrons. The summed E-state index contributed by atoms with van der Waals surface area (Å²) in [7, 11) is 0. The average molecular weight is 291 g/mol. The third-order valence-corrected chi connectivity index (χ3v) is 3.24. The fourth-order valence-electron chi connectivity index (χ4n) is 2.21. The second-order valence-electron chi connectivity index (χ2n) is 4.93. The smallest absolute Gasteiger partial charge is 0.286 e. The largest absolute Gasteiger partial charge is 0.416 e. The van der Waals surface area contributed by atoms with Gasteiger partial charge in [0.05, 0.1) is 5.56 Å². The quantitative estimate of drug-likeness (QED) is 0.721. The van der Waals surface area contributed by atoms with E-state index in [0.29, 0.717) is 23.5 Å². The van der Waals surface area contributed by atoms with E-state index in [1.807, 2.05) is 25.3 Å². The van der Waals surface area contributed by atoms with Crippen molar-refractivity contribution in [2.24, 2.45) is 0 Å². The number of benzene rings is 1. The fourth-order valence-corrected chi connectivity index (χ4v) is 2.21. The Kier molecular flexibility index (Phi) is 3.16. The molecule has 0 spiro atoms. The molecule has 0 amide bonds. The third kappa shape index (κ3) is 2.74. The maximum Gasteiger partial charge on any atom is 0.416 e. The number of alkyl halides is 3. The number of rotatable bonds is 2. The predicted molar refractivity (Wildman–Crippen MR) is 72.0 cm³/mol. The molecule has 21 heavy (non-hydrogen) atoms. The van der Waals surface area contributed by atoms with Gasteiger partial charge in [-0.1, -0.05) is 24.3 Å². The topological polar surface area (TPSA) is 30.2 Å². The Balaban J connectivity index is 1.97. The van der Waals surface area contributed by atoms with E-state index in [1.165, 1.54) is 6.07 Å². The summed E-state index contributed by atoms with van der Waals surface area (Å²) in [6.45, 7) is 1.94. The van der Waals surface area contributed by atoms with Crippen LogP contribution in [0.2, 0.25) is 0 Å². The zero-order valence-electron chi connectivity index (χ0n) is 11.2. The predicted octanol–water partition coefficient (Wildman–Crippen LogP) is 3.65. The van der Waals surface area contributed by atoms with Crippen molar-refractivity contribution in [1.82, 2.24) is 14.6 Å². The SMILES string of the molecule is Cc1ccc2nnc(Cc3cccc(C(F)(F)F)c3)n2c1. The molecule has 0 atom stereocenters. The van der Waals surface area contributed by atoms with E-state index in [2.05, 4.69) is 10.2 Å². The molecule has 3 aromatic rings. The summed E-state index contributed by atoms with van der Waals surface area (Å²) in [5.74, 6) is 0.619. The lowest BCUT2D eigenvalue weighted by Crippen LogP contribution is -2.06. The highest BCUT2D eigenvalue weighted by atomic mass is 19.4. The minimum Gasteiger partial charge on any atom is -0.286 e. The van der Waals surface area contributed by atoms with Gasteiger partial charge in [-0.3, -0.25) is 4.40 Å². The standard InChI is InChI=1S/C15H12F3N3/c1-10-5-6-13-19-20-14(21(13)9-10)8-11-3-2-4-12(7-11)15(16,17)18/h2-7,9H,8H2,1H3. The van der Waals surface area contributed by atoms with Crippen molar-refractivity contribution in [3.8, 4) is 0 Å². The number of fused-ring (bicyclic) bond motifs is 1. The zero-order chi connectivity index (χ0) is 15.0. The van der Waals surface area contributed by atoms with Gasteiger partial charge in [0.15, 0.2) is 5.65 Å². The Morgan fingerprint density at radius 1 is 1.10 bits per heavy atom. The number of pyridine rings is 1. The van der Waals surface area contributed by atoms with Gasteiger partial charge in [0, 0.05) is 12.6 Å². The van der Waals surface area contributed by atoms with Crippen molar-refractivity contribution in [1.29, 1.82) is 0 Å². The molecule has 0 aliphatic rings. The molecule has 6 heteroatoms. The highest BCUT2D eigenvalue weighted by molar-refractivity contribution is 5.40. The van der Waals surface area contributed by atoms with Gasteiger partial charge < -0.3 is 0 Å². The van der Waals surface area contributed by atoms with E-state index in [1.54, 1.807) is 10.5 Å². The molecule has 0 N–H and O–H groups in total. The molecule has 3 nitrogen and oxygen atoms in total.